The van der Waals surface area contributed by atoms with Gasteiger partial charge in [-0.05, 0) is 44.2 Å². The van der Waals surface area contributed by atoms with Gasteiger partial charge in [0.15, 0.2) is 11.5 Å². The summed E-state index contributed by atoms with van der Waals surface area (Å²) in [6.07, 6.45) is 5.71. The second-order valence-corrected chi connectivity index (χ2v) is 4.31. The smallest absolute Gasteiger partial charge is 0.161 e. The number of para-hydroxylation sites is 2. The summed E-state index contributed by atoms with van der Waals surface area (Å²) in [4.78, 5) is 0. The first-order valence-corrected chi connectivity index (χ1v) is 5.73. The molecule has 2 rings (SSSR count). The van der Waals surface area contributed by atoms with Gasteiger partial charge < -0.3 is 9.84 Å². The number of ether oxygens (including phenoxy) is 1. The Hall–Kier alpha value is -1.18. The highest BCUT2D eigenvalue weighted by atomic mass is 16.5. The number of phenols is 1. The lowest BCUT2D eigenvalue weighted by molar-refractivity contribution is 0.0687. The molecule has 1 aliphatic rings. The van der Waals surface area contributed by atoms with E-state index in [0.29, 0.717) is 5.75 Å². The molecule has 1 aliphatic carbocycles. The summed E-state index contributed by atoms with van der Waals surface area (Å²) in [6.45, 7) is 2.16. The minimum atomic E-state index is -0.0289. The van der Waals surface area contributed by atoms with Crippen molar-refractivity contribution in [2.75, 3.05) is 0 Å². The number of benzene rings is 1. The summed E-state index contributed by atoms with van der Waals surface area (Å²) >= 11 is 0. The SMILES string of the molecule is CCC1(Oc2ccccc2O)CCCC1. The summed E-state index contributed by atoms with van der Waals surface area (Å²) in [6, 6.07) is 7.22. The van der Waals surface area contributed by atoms with Gasteiger partial charge in [0.25, 0.3) is 0 Å². The van der Waals surface area contributed by atoms with Crippen LogP contribution >= 0.6 is 0 Å². The van der Waals surface area contributed by atoms with E-state index in [9.17, 15) is 5.11 Å². The predicted molar refractivity (Wildman–Crippen MR) is 60.2 cm³/mol. The topological polar surface area (TPSA) is 29.5 Å². The molecule has 1 aromatic rings. The Morgan fingerprint density at radius 1 is 1.27 bits per heavy atom. The molecule has 0 radical (unpaired) electrons. The molecule has 0 aliphatic heterocycles. The Kier molecular flexibility index (Phi) is 2.85. The maximum Gasteiger partial charge on any atom is 0.161 e. The Morgan fingerprint density at radius 2 is 1.93 bits per heavy atom. The minimum Gasteiger partial charge on any atom is -0.504 e. The van der Waals surface area contributed by atoms with E-state index >= 15 is 0 Å². The van der Waals surface area contributed by atoms with Crippen LogP contribution in [0.1, 0.15) is 39.0 Å². The van der Waals surface area contributed by atoms with Crippen LogP contribution in [0.5, 0.6) is 11.5 Å². The van der Waals surface area contributed by atoms with Crippen LogP contribution in [0.3, 0.4) is 0 Å². The van der Waals surface area contributed by atoms with E-state index in [1.165, 1.54) is 12.8 Å². The lowest BCUT2D eigenvalue weighted by Gasteiger charge is -2.29. The molecule has 15 heavy (non-hydrogen) atoms. The van der Waals surface area contributed by atoms with Gasteiger partial charge in [-0.15, -0.1) is 0 Å². The molecule has 1 N–H and O–H groups in total. The van der Waals surface area contributed by atoms with Crippen LogP contribution < -0.4 is 4.74 Å². The van der Waals surface area contributed by atoms with Crippen LogP contribution in [-0.4, -0.2) is 10.7 Å². The molecule has 0 unspecified atom stereocenters. The van der Waals surface area contributed by atoms with Crippen LogP contribution in [0.15, 0.2) is 24.3 Å². The Bertz CT molecular complexity index is 327. The maximum atomic E-state index is 9.66. The second kappa shape index (κ2) is 4.13. The predicted octanol–water partition coefficient (Wildman–Crippen LogP) is 3.49. The average Bonchev–Trinajstić information content (AvgIpc) is 2.71. The maximum absolute atomic E-state index is 9.66. The van der Waals surface area contributed by atoms with Crippen molar-refractivity contribution in [3.63, 3.8) is 0 Å². The summed E-state index contributed by atoms with van der Waals surface area (Å²) in [7, 11) is 0. The van der Waals surface area contributed by atoms with E-state index in [2.05, 4.69) is 6.92 Å². The molecule has 1 aromatic carbocycles. The minimum absolute atomic E-state index is 0.0289. The molecule has 0 aromatic heterocycles. The largest absolute Gasteiger partial charge is 0.504 e. The van der Waals surface area contributed by atoms with Crippen molar-refractivity contribution >= 4 is 0 Å². The Balaban J connectivity index is 2.16. The first-order valence-electron chi connectivity index (χ1n) is 5.73. The van der Waals surface area contributed by atoms with Crippen molar-refractivity contribution in [3.8, 4) is 11.5 Å². The van der Waals surface area contributed by atoms with E-state index in [1.807, 2.05) is 18.2 Å². The number of hydrogen-bond donors (Lipinski definition) is 1. The van der Waals surface area contributed by atoms with E-state index in [0.717, 1.165) is 19.3 Å². The molecular weight excluding hydrogens is 188 g/mol. The molecule has 1 fully saturated rings. The Labute approximate surface area is 90.9 Å². The first-order chi connectivity index (χ1) is 7.26. The Morgan fingerprint density at radius 3 is 2.53 bits per heavy atom. The quantitative estimate of drug-likeness (QED) is 0.820. The molecule has 82 valence electrons. The van der Waals surface area contributed by atoms with Gasteiger partial charge in [0.1, 0.15) is 5.60 Å². The molecule has 0 heterocycles. The summed E-state index contributed by atoms with van der Waals surface area (Å²) in [5.74, 6) is 0.874. The van der Waals surface area contributed by atoms with E-state index < -0.39 is 0 Å². The lowest BCUT2D eigenvalue weighted by Crippen LogP contribution is -2.31. The van der Waals surface area contributed by atoms with Gasteiger partial charge in [-0.25, -0.2) is 0 Å². The molecule has 0 bridgehead atoms. The van der Waals surface area contributed by atoms with Crippen molar-refractivity contribution in [1.29, 1.82) is 0 Å². The fraction of sp³-hybridized carbons (Fsp3) is 0.538. The van der Waals surface area contributed by atoms with Crippen LogP contribution in [0.25, 0.3) is 0 Å². The standard InChI is InChI=1S/C13H18O2/c1-2-13(9-5-6-10-13)15-12-8-4-3-7-11(12)14/h3-4,7-8,14H,2,5-6,9-10H2,1H3. The third-order valence-corrected chi connectivity index (χ3v) is 3.35. The van der Waals surface area contributed by atoms with E-state index in [4.69, 9.17) is 4.74 Å². The van der Waals surface area contributed by atoms with Crippen molar-refractivity contribution in [3.05, 3.63) is 24.3 Å². The van der Waals surface area contributed by atoms with Gasteiger partial charge in [-0.3, -0.25) is 0 Å². The highest BCUT2D eigenvalue weighted by molar-refractivity contribution is 5.38. The van der Waals surface area contributed by atoms with Crippen LogP contribution in [0, 0.1) is 0 Å². The normalized spacial score (nSPS) is 19.0. The first kappa shape index (κ1) is 10.3. The molecular formula is C13H18O2. The highest BCUT2D eigenvalue weighted by Gasteiger charge is 2.34. The monoisotopic (exact) mass is 206 g/mol. The summed E-state index contributed by atoms with van der Waals surface area (Å²) < 4.78 is 5.99. The number of phenolic OH excluding ortho intramolecular Hbond substituents is 1. The third kappa shape index (κ3) is 2.09. The van der Waals surface area contributed by atoms with Crippen molar-refractivity contribution in [1.82, 2.24) is 0 Å². The van der Waals surface area contributed by atoms with Gasteiger partial charge >= 0.3 is 0 Å². The zero-order chi connectivity index (χ0) is 10.7. The van der Waals surface area contributed by atoms with Crippen molar-refractivity contribution in [2.24, 2.45) is 0 Å². The van der Waals surface area contributed by atoms with Gasteiger partial charge in [0.05, 0.1) is 0 Å². The van der Waals surface area contributed by atoms with Crippen molar-refractivity contribution in [2.45, 2.75) is 44.6 Å². The fourth-order valence-electron chi connectivity index (χ4n) is 2.32. The van der Waals surface area contributed by atoms with Crippen LogP contribution in [0.4, 0.5) is 0 Å². The zero-order valence-electron chi connectivity index (χ0n) is 9.20. The van der Waals surface area contributed by atoms with Gasteiger partial charge in [-0.2, -0.15) is 0 Å². The third-order valence-electron chi connectivity index (χ3n) is 3.35. The van der Waals surface area contributed by atoms with Gasteiger partial charge in [0.2, 0.25) is 0 Å². The van der Waals surface area contributed by atoms with Gasteiger partial charge in [-0.1, -0.05) is 19.1 Å². The molecule has 0 saturated heterocycles. The number of aromatic hydroxyl groups is 1. The molecule has 1 saturated carbocycles. The van der Waals surface area contributed by atoms with Crippen molar-refractivity contribution < 1.29 is 9.84 Å². The fourth-order valence-corrected chi connectivity index (χ4v) is 2.32. The lowest BCUT2D eigenvalue weighted by atomic mass is 9.99. The molecule has 2 heteroatoms. The average molecular weight is 206 g/mol. The molecule has 0 atom stereocenters. The molecule has 0 spiro atoms. The van der Waals surface area contributed by atoms with Gasteiger partial charge in [0, 0.05) is 0 Å². The second-order valence-electron chi connectivity index (χ2n) is 4.31. The number of rotatable bonds is 3. The zero-order valence-corrected chi connectivity index (χ0v) is 9.20. The highest BCUT2D eigenvalue weighted by Crippen LogP contribution is 2.39. The summed E-state index contributed by atoms with van der Waals surface area (Å²) in [5.41, 5.74) is -0.0289. The summed E-state index contributed by atoms with van der Waals surface area (Å²) in [5, 5.41) is 9.66. The number of hydrogen-bond acceptors (Lipinski definition) is 2. The molecule has 0 amide bonds. The van der Waals surface area contributed by atoms with E-state index in [1.54, 1.807) is 6.07 Å². The van der Waals surface area contributed by atoms with Crippen LogP contribution in [-0.2, 0) is 0 Å². The van der Waals surface area contributed by atoms with Crippen LogP contribution in [0.2, 0.25) is 0 Å². The molecule has 2 nitrogen and oxygen atoms in total. The van der Waals surface area contributed by atoms with E-state index in [-0.39, 0.29) is 11.4 Å².